The number of carbonyl (C=O) groups excluding carboxylic acids is 2. The van der Waals surface area contributed by atoms with Gasteiger partial charge in [0, 0.05) is 31.4 Å². The van der Waals surface area contributed by atoms with Gasteiger partial charge in [-0.1, -0.05) is 0 Å². The summed E-state index contributed by atoms with van der Waals surface area (Å²) in [7, 11) is -1.91. The predicted octanol–water partition coefficient (Wildman–Crippen LogP) is 2.40. The summed E-state index contributed by atoms with van der Waals surface area (Å²) in [6.45, 7) is 4.23. The van der Waals surface area contributed by atoms with Crippen molar-refractivity contribution in [1.29, 1.82) is 0 Å². The summed E-state index contributed by atoms with van der Waals surface area (Å²) < 4.78 is 30.0. The van der Waals surface area contributed by atoms with E-state index < -0.39 is 15.9 Å². The molecular formula is C26H29N9O4S. The summed E-state index contributed by atoms with van der Waals surface area (Å²) in [4.78, 5) is 33.1. The number of hydrogen-bond donors (Lipinski definition) is 3. The van der Waals surface area contributed by atoms with Crippen molar-refractivity contribution in [1.82, 2.24) is 29.3 Å². The minimum Gasteiger partial charge on any atom is -0.381 e. The first-order valence-electron chi connectivity index (χ1n) is 12.8. The third-order valence-electron chi connectivity index (χ3n) is 7.65. The number of benzene rings is 1. The number of nitrogens with one attached hydrogen (secondary N) is 2. The Labute approximate surface area is 230 Å². The highest BCUT2D eigenvalue weighted by atomic mass is 32.2. The third kappa shape index (κ3) is 4.43. The van der Waals surface area contributed by atoms with E-state index >= 15 is 0 Å². The van der Waals surface area contributed by atoms with Gasteiger partial charge in [-0.3, -0.25) is 19.0 Å². The van der Waals surface area contributed by atoms with Crippen LogP contribution in [-0.2, 0) is 23.6 Å². The Morgan fingerprint density at radius 1 is 1.23 bits per heavy atom. The first kappa shape index (κ1) is 25.8. The molecule has 1 aliphatic heterocycles. The molecule has 208 valence electrons. The minimum atomic E-state index is -3.68. The molecule has 1 aromatic carbocycles. The Hall–Kier alpha value is -4.46. The maximum atomic E-state index is 13.4. The van der Waals surface area contributed by atoms with Gasteiger partial charge in [-0.05, 0) is 56.4 Å². The Morgan fingerprint density at radius 3 is 2.62 bits per heavy atom. The molecule has 4 N–H and O–H groups in total. The molecule has 0 saturated heterocycles. The van der Waals surface area contributed by atoms with Gasteiger partial charge < -0.3 is 16.0 Å². The van der Waals surface area contributed by atoms with Crippen LogP contribution in [0, 0.1) is 12.8 Å². The predicted molar refractivity (Wildman–Crippen MR) is 149 cm³/mol. The van der Waals surface area contributed by atoms with Crippen LogP contribution in [0.2, 0.25) is 0 Å². The van der Waals surface area contributed by atoms with E-state index in [0.29, 0.717) is 40.5 Å². The second-order valence-corrected chi connectivity index (χ2v) is 12.3. The van der Waals surface area contributed by atoms with Gasteiger partial charge in [0.25, 0.3) is 11.8 Å². The number of aryl methyl sites for hydroxylation is 1. The maximum absolute atomic E-state index is 13.4. The van der Waals surface area contributed by atoms with Gasteiger partial charge in [-0.2, -0.15) is 5.10 Å². The topological polar surface area (TPSA) is 170 Å². The van der Waals surface area contributed by atoms with Crippen LogP contribution in [0.4, 0.5) is 17.2 Å². The van der Waals surface area contributed by atoms with Crippen molar-refractivity contribution in [2.24, 2.45) is 13.0 Å². The zero-order chi connectivity index (χ0) is 28.5. The highest BCUT2D eigenvalue weighted by Gasteiger charge is 2.40. The Morgan fingerprint density at radius 2 is 1.98 bits per heavy atom. The molecule has 0 spiro atoms. The van der Waals surface area contributed by atoms with Crippen LogP contribution >= 0.6 is 0 Å². The van der Waals surface area contributed by atoms with Gasteiger partial charge in [-0.15, -0.1) is 5.10 Å². The molecule has 2 amide bonds. The first-order valence-corrected chi connectivity index (χ1v) is 14.7. The lowest BCUT2D eigenvalue weighted by Crippen LogP contribution is -2.34. The van der Waals surface area contributed by atoms with Crippen LogP contribution < -0.4 is 15.8 Å². The summed E-state index contributed by atoms with van der Waals surface area (Å²) in [5.74, 6) is -0.214. The molecule has 1 fully saturated rings. The molecule has 14 heteroatoms. The van der Waals surface area contributed by atoms with Crippen LogP contribution in [0.25, 0.3) is 16.9 Å². The fourth-order valence-electron chi connectivity index (χ4n) is 5.20. The van der Waals surface area contributed by atoms with Crippen molar-refractivity contribution in [2.45, 2.75) is 39.3 Å². The smallest absolute Gasteiger partial charge is 0.263 e. The highest BCUT2D eigenvalue weighted by molar-refractivity contribution is 7.92. The van der Waals surface area contributed by atoms with Crippen molar-refractivity contribution in [3.8, 4) is 11.3 Å². The zero-order valence-corrected chi connectivity index (χ0v) is 23.3. The Kier molecular flexibility index (Phi) is 5.83. The van der Waals surface area contributed by atoms with Crippen LogP contribution in [0.5, 0.6) is 0 Å². The number of nitrogen functional groups attached to an aromatic ring is 1. The van der Waals surface area contributed by atoms with Gasteiger partial charge >= 0.3 is 0 Å². The van der Waals surface area contributed by atoms with Crippen molar-refractivity contribution < 1.29 is 18.0 Å². The molecule has 2 aliphatic rings. The number of amides is 2. The molecule has 6 rings (SSSR count). The van der Waals surface area contributed by atoms with Crippen LogP contribution in [0.3, 0.4) is 0 Å². The van der Waals surface area contributed by atoms with Gasteiger partial charge in [0.1, 0.15) is 5.56 Å². The molecular weight excluding hydrogens is 534 g/mol. The minimum absolute atomic E-state index is 0.00683. The number of aromatic nitrogens is 5. The van der Waals surface area contributed by atoms with Gasteiger partial charge in [0.05, 0.1) is 40.8 Å². The van der Waals surface area contributed by atoms with E-state index in [2.05, 4.69) is 20.2 Å². The third-order valence-corrected chi connectivity index (χ3v) is 8.24. The van der Waals surface area contributed by atoms with Crippen LogP contribution in [0.1, 0.15) is 51.7 Å². The monoisotopic (exact) mass is 563 g/mol. The SMILES string of the molecule is Cc1c(NC(=O)c2c(N)nn3ccc(-c4cc5c(c(NS(C)(=O)=O)c4)C(=O)N([C@@H](C)C4CC4)C5)nc23)cnn1C. The van der Waals surface area contributed by atoms with Crippen molar-refractivity contribution >= 4 is 44.7 Å². The second-order valence-electron chi connectivity index (χ2n) is 10.5. The number of nitrogens with two attached hydrogens (primary N) is 1. The molecule has 3 aromatic heterocycles. The molecule has 1 aliphatic carbocycles. The number of fused-ring (bicyclic) bond motifs is 2. The van der Waals surface area contributed by atoms with Gasteiger partial charge in [-0.25, -0.2) is 17.9 Å². The van der Waals surface area contributed by atoms with E-state index in [1.807, 2.05) is 19.9 Å². The zero-order valence-electron chi connectivity index (χ0n) is 22.5. The molecule has 4 aromatic rings. The van der Waals surface area contributed by atoms with E-state index in [0.717, 1.165) is 24.8 Å². The van der Waals surface area contributed by atoms with Gasteiger partial charge in [0.2, 0.25) is 10.0 Å². The summed E-state index contributed by atoms with van der Waals surface area (Å²) in [6.07, 6.45) is 6.38. The lowest BCUT2D eigenvalue weighted by atomic mass is 10.0. The molecule has 13 nitrogen and oxygen atoms in total. The number of rotatable bonds is 7. The fourth-order valence-corrected chi connectivity index (χ4v) is 5.76. The van der Waals surface area contributed by atoms with Crippen LogP contribution in [0.15, 0.2) is 30.6 Å². The first-order chi connectivity index (χ1) is 18.9. The second kappa shape index (κ2) is 9.05. The highest BCUT2D eigenvalue weighted by Crippen LogP contribution is 2.41. The number of nitrogens with zero attached hydrogens (tertiary/aromatic N) is 6. The average molecular weight is 564 g/mol. The largest absolute Gasteiger partial charge is 0.381 e. The standard InChI is InChI=1S/C26H29N9O4S/c1-13(15-5-6-15)34-12-17-9-16(10-19(21(17)26(34)37)32-40(4,38)39)18-7-8-35-24(29-18)22(23(27)31-35)25(36)30-20-11-28-33(3)14(20)2/h7-11,13,15,32H,5-6,12H2,1-4H3,(H2,27,31)(H,30,36)/t13-/m0/s1. The summed E-state index contributed by atoms with van der Waals surface area (Å²) >= 11 is 0. The lowest BCUT2D eigenvalue weighted by Gasteiger charge is -2.24. The van der Waals surface area contributed by atoms with Crippen molar-refractivity contribution in [2.75, 3.05) is 22.0 Å². The molecule has 0 radical (unpaired) electrons. The van der Waals surface area contributed by atoms with Gasteiger partial charge in [0.15, 0.2) is 11.5 Å². The molecule has 4 heterocycles. The number of anilines is 3. The number of sulfonamides is 1. The molecule has 0 unspecified atom stereocenters. The van der Waals surface area contributed by atoms with E-state index in [1.165, 1.54) is 4.52 Å². The summed E-state index contributed by atoms with van der Waals surface area (Å²) in [5.41, 5.74) is 10.0. The van der Waals surface area contributed by atoms with Crippen molar-refractivity contribution in [3.63, 3.8) is 0 Å². The molecule has 40 heavy (non-hydrogen) atoms. The normalized spacial score (nSPS) is 15.9. The van der Waals surface area contributed by atoms with Crippen molar-refractivity contribution in [3.05, 3.63) is 53.0 Å². The Bertz CT molecular complexity index is 1820. The number of hydrogen-bond acceptors (Lipinski definition) is 8. The molecule has 1 atom stereocenters. The van der Waals surface area contributed by atoms with E-state index in [-0.39, 0.29) is 34.7 Å². The molecule has 0 bridgehead atoms. The quantitative estimate of drug-likeness (QED) is 0.308. The fraction of sp³-hybridized carbons (Fsp3) is 0.346. The number of carbonyl (C=O) groups is 2. The maximum Gasteiger partial charge on any atom is 0.263 e. The lowest BCUT2D eigenvalue weighted by molar-refractivity contribution is 0.0698. The van der Waals surface area contributed by atoms with E-state index in [4.69, 9.17) is 10.7 Å². The van der Waals surface area contributed by atoms with Crippen LogP contribution in [-0.4, -0.2) is 61.8 Å². The van der Waals surface area contributed by atoms with E-state index in [9.17, 15) is 18.0 Å². The molecule has 1 saturated carbocycles. The average Bonchev–Trinajstić information content (AvgIpc) is 3.52. The summed E-state index contributed by atoms with van der Waals surface area (Å²) in [6, 6.07) is 5.20. The Balaban J connectivity index is 1.42. The summed E-state index contributed by atoms with van der Waals surface area (Å²) in [5, 5.41) is 11.2. The van der Waals surface area contributed by atoms with E-state index in [1.54, 1.807) is 41.2 Å².